The van der Waals surface area contributed by atoms with Gasteiger partial charge in [0, 0.05) is 29.8 Å². The van der Waals surface area contributed by atoms with E-state index in [1.165, 1.54) is 16.7 Å². The summed E-state index contributed by atoms with van der Waals surface area (Å²) in [4.78, 5) is 11.8. The van der Waals surface area contributed by atoms with Gasteiger partial charge in [-0.3, -0.25) is 4.79 Å². The molecule has 1 atom stereocenters. The second kappa shape index (κ2) is 11.4. The van der Waals surface area contributed by atoms with E-state index in [0.29, 0.717) is 8.58 Å². The van der Waals surface area contributed by atoms with Gasteiger partial charge in [-0.15, -0.1) is 0 Å². The molecule has 0 radical (unpaired) electrons. The third-order valence-electron chi connectivity index (χ3n) is 6.17. The number of carbonyl (C=O) groups excluding carboxylic acids is 1. The first-order valence-corrected chi connectivity index (χ1v) is 12.2. The highest BCUT2D eigenvalue weighted by molar-refractivity contribution is 7.49. The molecule has 3 aromatic carbocycles. The van der Waals surface area contributed by atoms with Crippen LogP contribution in [-0.4, -0.2) is 20.2 Å². The molecule has 0 fully saturated rings. The van der Waals surface area contributed by atoms with E-state index in [1.807, 2.05) is 18.2 Å². The molecule has 0 aliphatic heterocycles. The average molecular weight is 449 g/mol. The van der Waals surface area contributed by atoms with Crippen LogP contribution in [0.1, 0.15) is 59.3 Å². The van der Waals surface area contributed by atoms with Gasteiger partial charge in [0.05, 0.1) is 0 Å². The third-order valence-corrected chi connectivity index (χ3v) is 8.56. The standard InChI is InChI=1S/C28H33O3P/c1-5-28(6-2,32-27-21(3)12-10-16-24(27)19-29)25-17-11-15-23(26(25)31-20-30-4)18-22-13-8-7-9-14-22/h7-17,19,32H,5-6,18,20H2,1-4H3. The molecule has 32 heavy (non-hydrogen) atoms. The first kappa shape index (κ1) is 24.2. The molecule has 0 aliphatic carbocycles. The van der Waals surface area contributed by atoms with E-state index in [0.717, 1.165) is 47.7 Å². The van der Waals surface area contributed by atoms with Gasteiger partial charge in [-0.1, -0.05) is 89.2 Å². The van der Waals surface area contributed by atoms with Gasteiger partial charge in [-0.25, -0.2) is 0 Å². The van der Waals surface area contributed by atoms with Crippen molar-refractivity contribution < 1.29 is 14.3 Å². The summed E-state index contributed by atoms with van der Waals surface area (Å²) in [5, 5.41) is 1.02. The van der Waals surface area contributed by atoms with Crippen molar-refractivity contribution in [1.82, 2.24) is 0 Å². The van der Waals surface area contributed by atoms with E-state index < -0.39 is 0 Å². The molecule has 0 saturated carbocycles. The summed E-state index contributed by atoms with van der Waals surface area (Å²) in [5.41, 5.74) is 5.55. The van der Waals surface area contributed by atoms with Crippen LogP contribution >= 0.6 is 8.58 Å². The highest BCUT2D eigenvalue weighted by atomic mass is 31.1. The predicted molar refractivity (Wildman–Crippen MR) is 135 cm³/mol. The number of rotatable bonds is 11. The van der Waals surface area contributed by atoms with Gasteiger partial charge in [0.1, 0.15) is 5.75 Å². The average Bonchev–Trinajstić information content (AvgIpc) is 2.83. The van der Waals surface area contributed by atoms with Crippen LogP contribution in [0.2, 0.25) is 0 Å². The van der Waals surface area contributed by atoms with Gasteiger partial charge < -0.3 is 9.47 Å². The maximum absolute atomic E-state index is 11.8. The van der Waals surface area contributed by atoms with E-state index in [-0.39, 0.29) is 11.9 Å². The van der Waals surface area contributed by atoms with Crippen LogP contribution in [0.15, 0.2) is 66.7 Å². The molecule has 4 heteroatoms. The third kappa shape index (κ3) is 5.28. The molecule has 0 saturated heterocycles. The first-order valence-electron chi connectivity index (χ1n) is 11.2. The Balaban J connectivity index is 2.13. The summed E-state index contributed by atoms with van der Waals surface area (Å²) in [6, 6.07) is 22.9. The number of aldehydes is 1. The van der Waals surface area contributed by atoms with Crippen LogP contribution in [0, 0.1) is 6.92 Å². The Morgan fingerprint density at radius 1 is 0.938 bits per heavy atom. The van der Waals surface area contributed by atoms with Gasteiger partial charge in [-0.2, -0.15) is 0 Å². The number of hydrogen-bond donors (Lipinski definition) is 0. The van der Waals surface area contributed by atoms with Crippen LogP contribution in [-0.2, 0) is 16.3 Å². The Bertz CT molecular complexity index is 1030. The molecule has 0 amide bonds. The molecule has 0 aromatic heterocycles. The molecule has 3 rings (SSSR count). The zero-order chi connectivity index (χ0) is 23.0. The number of aryl methyl sites for hydroxylation is 1. The molecule has 0 aliphatic rings. The van der Waals surface area contributed by atoms with E-state index >= 15 is 0 Å². The van der Waals surface area contributed by atoms with Gasteiger partial charge in [0.2, 0.25) is 0 Å². The number of para-hydroxylation sites is 1. The van der Waals surface area contributed by atoms with E-state index in [2.05, 4.69) is 69.3 Å². The minimum absolute atomic E-state index is 0.125. The lowest BCUT2D eigenvalue weighted by atomic mass is 9.89. The second-order valence-electron chi connectivity index (χ2n) is 8.08. The van der Waals surface area contributed by atoms with Crippen molar-refractivity contribution in [3.63, 3.8) is 0 Å². The molecule has 168 valence electrons. The summed E-state index contributed by atoms with van der Waals surface area (Å²) in [7, 11) is 2.11. The summed E-state index contributed by atoms with van der Waals surface area (Å²) in [5.74, 6) is 0.913. The molecule has 3 nitrogen and oxygen atoms in total. The lowest BCUT2D eigenvalue weighted by molar-refractivity contribution is 0.0493. The van der Waals surface area contributed by atoms with Crippen LogP contribution in [0.4, 0.5) is 0 Å². The normalized spacial score (nSPS) is 11.8. The minimum atomic E-state index is -0.125. The molecule has 0 bridgehead atoms. The van der Waals surface area contributed by atoms with Crippen molar-refractivity contribution >= 4 is 20.2 Å². The summed E-state index contributed by atoms with van der Waals surface area (Å²) < 4.78 is 11.5. The summed E-state index contributed by atoms with van der Waals surface area (Å²) in [6.45, 7) is 6.77. The summed E-state index contributed by atoms with van der Waals surface area (Å²) >= 11 is 0. The maximum atomic E-state index is 11.8. The predicted octanol–water partition coefficient (Wildman–Crippen LogP) is 6.40. The number of hydrogen-bond acceptors (Lipinski definition) is 3. The van der Waals surface area contributed by atoms with Crippen LogP contribution in [0.3, 0.4) is 0 Å². The number of benzene rings is 3. The quantitative estimate of drug-likeness (QED) is 0.193. The molecule has 0 spiro atoms. The Labute approximate surface area is 193 Å². The van der Waals surface area contributed by atoms with E-state index in [4.69, 9.17) is 9.47 Å². The fourth-order valence-electron chi connectivity index (χ4n) is 4.28. The Morgan fingerprint density at radius 2 is 1.66 bits per heavy atom. The van der Waals surface area contributed by atoms with Crippen molar-refractivity contribution in [3.8, 4) is 5.75 Å². The summed E-state index contributed by atoms with van der Waals surface area (Å²) in [6.07, 6.45) is 3.68. The molecule has 0 N–H and O–H groups in total. The lowest BCUT2D eigenvalue weighted by Crippen LogP contribution is -2.25. The molecule has 0 heterocycles. The van der Waals surface area contributed by atoms with Crippen molar-refractivity contribution in [1.29, 1.82) is 0 Å². The number of ether oxygens (including phenoxy) is 2. The molecular weight excluding hydrogens is 415 g/mol. The van der Waals surface area contributed by atoms with Crippen LogP contribution in [0.5, 0.6) is 5.75 Å². The van der Waals surface area contributed by atoms with Gasteiger partial charge in [0.25, 0.3) is 0 Å². The Hall–Kier alpha value is -2.48. The highest BCUT2D eigenvalue weighted by Crippen LogP contribution is 2.51. The molecular formula is C28H33O3P. The van der Waals surface area contributed by atoms with Crippen molar-refractivity contribution in [2.24, 2.45) is 0 Å². The zero-order valence-corrected chi connectivity index (χ0v) is 20.5. The molecule has 1 unspecified atom stereocenters. The second-order valence-corrected chi connectivity index (χ2v) is 9.79. The fraction of sp³-hybridized carbons (Fsp3) is 0.321. The van der Waals surface area contributed by atoms with Gasteiger partial charge >= 0.3 is 0 Å². The van der Waals surface area contributed by atoms with Crippen molar-refractivity contribution in [2.45, 2.75) is 45.2 Å². The minimum Gasteiger partial charge on any atom is -0.467 e. The number of methoxy groups -OCH3 is 1. The first-order chi connectivity index (χ1) is 15.6. The molecule has 3 aromatic rings. The van der Waals surface area contributed by atoms with Crippen LogP contribution < -0.4 is 10.0 Å². The zero-order valence-electron chi connectivity index (χ0n) is 19.5. The van der Waals surface area contributed by atoms with Gasteiger partial charge in [-0.05, 0) is 41.8 Å². The highest BCUT2D eigenvalue weighted by Gasteiger charge is 2.34. The fourth-order valence-corrected chi connectivity index (χ4v) is 6.01. The monoisotopic (exact) mass is 448 g/mol. The topological polar surface area (TPSA) is 35.5 Å². The lowest BCUT2D eigenvalue weighted by Gasteiger charge is -2.35. The van der Waals surface area contributed by atoms with Crippen molar-refractivity contribution in [2.75, 3.05) is 13.9 Å². The smallest absolute Gasteiger partial charge is 0.188 e. The van der Waals surface area contributed by atoms with E-state index in [9.17, 15) is 4.79 Å². The Morgan fingerprint density at radius 3 is 2.31 bits per heavy atom. The van der Waals surface area contributed by atoms with Gasteiger partial charge in [0.15, 0.2) is 13.1 Å². The maximum Gasteiger partial charge on any atom is 0.188 e. The Kier molecular flexibility index (Phi) is 8.61. The van der Waals surface area contributed by atoms with E-state index in [1.54, 1.807) is 7.11 Å². The van der Waals surface area contributed by atoms with Crippen LogP contribution in [0.25, 0.3) is 0 Å². The largest absolute Gasteiger partial charge is 0.467 e. The SMILES string of the molecule is CCC(CC)(Pc1c(C)cccc1C=O)c1cccc(Cc2ccccc2)c1OCOC. The van der Waals surface area contributed by atoms with Crippen molar-refractivity contribution in [3.05, 3.63) is 94.5 Å². The number of carbonyl (C=O) groups is 1.